The maximum atomic E-state index is 13.1. The van der Waals surface area contributed by atoms with Crippen LogP contribution in [0.1, 0.15) is 46.1 Å². The fraction of sp³-hybridized carbons (Fsp3) is 0.217. The number of aromatic nitrogens is 7. The lowest BCUT2D eigenvalue weighted by atomic mass is 10.1. The van der Waals surface area contributed by atoms with Crippen molar-refractivity contribution in [3.63, 3.8) is 0 Å². The molecule has 0 aliphatic carbocycles. The van der Waals surface area contributed by atoms with Crippen LogP contribution in [0.25, 0.3) is 11.4 Å². The van der Waals surface area contributed by atoms with E-state index in [1.54, 1.807) is 4.52 Å². The summed E-state index contributed by atoms with van der Waals surface area (Å²) in [6, 6.07) is 14.9. The number of carbonyl (C=O) groups is 1. The van der Waals surface area contributed by atoms with E-state index in [1.807, 2.05) is 79.9 Å². The number of nitrogens with zero attached hydrogens (tertiary/aromatic N) is 7. The summed E-state index contributed by atoms with van der Waals surface area (Å²) in [6.45, 7) is 5.81. The van der Waals surface area contributed by atoms with Gasteiger partial charge < -0.3 is 5.32 Å². The van der Waals surface area contributed by atoms with Gasteiger partial charge in [-0.2, -0.15) is 4.98 Å². The van der Waals surface area contributed by atoms with E-state index in [0.29, 0.717) is 28.1 Å². The standard InChI is InChI=1S/C23H22N8OS/c1-14-12-15(2)31-22(24-14)26-23(29-31)33-13-17-8-4-5-9-18(17)21(32)25-16(3)20-28-27-19-10-6-7-11-30(19)20/h4-12,16H,13H2,1-3H3,(H,25,32). The minimum atomic E-state index is -0.312. The van der Waals surface area contributed by atoms with Crippen LogP contribution >= 0.6 is 11.8 Å². The summed E-state index contributed by atoms with van der Waals surface area (Å²) in [6.07, 6.45) is 1.89. The number of hydrogen-bond acceptors (Lipinski definition) is 7. The maximum absolute atomic E-state index is 13.1. The normalized spacial score (nSPS) is 12.3. The van der Waals surface area contributed by atoms with Crippen LogP contribution in [0, 0.1) is 13.8 Å². The molecule has 1 unspecified atom stereocenters. The number of amides is 1. The number of nitrogens with one attached hydrogen (secondary N) is 1. The molecule has 1 atom stereocenters. The number of fused-ring (bicyclic) bond motifs is 2. The van der Waals surface area contributed by atoms with Crippen molar-refractivity contribution in [3.05, 3.63) is 83.1 Å². The van der Waals surface area contributed by atoms with Crippen molar-refractivity contribution in [2.45, 2.75) is 37.7 Å². The Morgan fingerprint density at radius 3 is 2.79 bits per heavy atom. The molecule has 0 fully saturated rings. The third kappa shape index (κ3) is 4.17. The number of rotatable bonds is 6. The molecule has 0 saturated carbocycles. The molecule has 33 heavy (non-hydrogen) atoms. The van der Waals surface area contributed by atoms with Crippen LogP contribution in [0.5, 0.6) is 0 Å². The van der Waals surface area contributed by atoms with Crippen LogP contribution in [0.3, 0.4) is 0 Å². The number of pyridine rings is 1. The van der Waals surface area contributed by atoms with Crippen LogP contribution in [0.4, 0.5) is 0 Å². The van der Waals surface area contributed by atoms with E-state index in [2.05, 4.69) is 30.6 Å². The lowest BCUT2D eigenvalue weighted by Crippen LogP contribution is -2.28. The average molecular weight is 459 g/mol. The van der Waals surface area contributed by atoms with Crippen LogP contribution in [-0.4, -0.2) is 40.1 Å². The second-order valence-electron chi connectivity index (χ2n) is 7.77. The highest BCUT2D eigenvalue weighted by molar-refractivity contribution is 7.98. The Kier molecular flexibility index (Phi) is 5.51. The zero-order valence-corrected chi connectivity index (χ0v) is 19.2. The lowest BCUT2D eigenvalue weighted by Gasteiger charge is -2.14. The highest BCUT2D eigenvalue weighted by Crippen LogP contribution is 2.23. The van der Waals surface area contributed by atoms with Gasteiger partial charge in [-0.1, -0.05) is 36.0 Å². The Morgan fingerprint density at radius 2 is 1.91 bits per heavy atom. The van der Waals surface area contributed by atoms with E-state index in [1.165, 1.54) is 11.8 Å². The Bertz CT molecular complexity index is 1470. The molecule has 0 bridgehead atoms. The van der Waals surface area contributed by atoms with Crippen molar-refractivity contribution in [2.75, 3.05) is 0 Å². The summed E-state index contributed by atoms with van der Waals surface area (Å²) < 4.78 is 3.61. The molecule has 0 saturated heterocycles. The van der Waals surface area contributed by atoms with Gasteiger partial charge in [0, 0.05) is 28.9 Å². The van der Waals surface area contributed by atoms with E-state index in [0.717, 1.165) is 22.6 Å². The van der Waals surface area contributed by atoms with Gasteiger partial charge in [0.05, 0.1) is 6.04 Å². The Labute approximate surface area is 194 Å². The van der Waals surface area contributed by atoms with E-state index in [9.17, 15) is 4.79 Å². The van der Waals surface area contributed by atoms with Crippen molar-refractivity contribution in [1.29, 1.82) is 0 Å². The van der Waals surface area contributed by atoms with Crippen LogP contribution < -0.4 is 5.32 Å². The highest BCUT2D eigenvalue weighted by atomic mass is 32.2. The summed E-state index contributed by atoms with van der Waals surface area (Å²) in [5.74, 6) is 1.65. The Balaban J connectivity index is 1.33. The highest BCUT2D eigenvalue weighted by Gasteiger charge is 2.19. The molecule has 1 aromatic carbocycles. The molecular formula is C23H22N8OS. The van der Waals surface area contributed by atoms with Gasteiger partial charge in [-0.25, -0.2) is 9.50 Å². The smallest absolute Gasteiger partial charge is 0.253 e. The van der Waals surface area contributed by atoms with Crippen molar-refractivity contribution >= 4 is 29.1 Å². The zero-order chi connectivity index (χ0) is 22.9. The van der Waals surface area contributed by atoms with Gasteiger partial charge in [0.25, 0.3) is 11.7 Å². The minimum absolute atomic E-state index is 0.164. The number of carbonyl (C=O) groups excluding carboxylic acids is 1. The fourth-order valence-electron chi connectivity index (χ4n) is 3.71. The first-order valence-corrected chi connectivity index (χ1v) is 11.5. The third-order valence-corrected chi connectivity index (χ3v) is 6.18. The van der Waals surface area contributed by atoms with Crippen molar-refractivity contribution < 1.29 is 4.79 Å². The van der Waals surface area contributed by atoms with Gasteiger partial charge in [-0.15, -0.1) is 15.3 Å². The summed E-state index contributed by atoms with van der Waals surface area (Å²) in [5, 5.41) is 16.6. The van der Waals surface area contributed by atoms with Gasteiger partial charge in [0.2, 0.25) is 5.16 Å². The number of benzene rings is 1. The monoisotopic (exact) mass is 458 g/mol. The molecule has 0 aliphatic heterocycles. The van der Waals surface area contributed by atoms with Crippen LogP contribution in [0.2, 0.25) is 0 Å². The topological polar surface area (TPSA) is 102 Å². The molecule has 0 aliphatic rings. The van der Waals surface area contributed by atoms with Crippen molar-refractivity contribution in [2.24, 2.45) is 0 Å². The van der Waals surface area contributed by atoms with Gasteiger partial charge >= 0.3 is 0 Å². The van der Waals surface area contributed by atoms with Crippen molar-refractivity contribution in [1.82, 2.24) is 39.5 Å². The van der Waals surface area contributed by atoms with Crippen molar-refractivity contribution in [3.8, 4) is 0 Å². The molecule has 166 valence electrons. The van der Waals surface area contributed by atoms with Crippen LogP contribution in [-0.2, 0) is 5.75 Å². The molecule has 5 aromatic rings. The van der Waals surface area contributed by atoms with Gasteiger partial charge in [-0.3, -0.25) is 9.20 Å². The first-order chi connectivity index (χ1) is 16.0. The van der Waals surface area contributed by atoms with E-state index in [-0.39, 0.29) is 11.9 Å². The zero-order valence-electron chi connectivity index (χ0n) is 18.4. The summed E-state index contributed by atoms with van der Waals surface area (Å²) in [5.41, 5.74) is 4.13. The SMILES string of the molecule is Cc1cc(C)n2nc(SCc3ccccc3C(=O)NC(C)c3nnc4ccccn34)nc2n1. The molecule has 4 aromatic heterocycles. The largest absolute Gasteiger partial charge is 0.342 e. The summed E-state index contributed by atoms with van der Waals surface area (Å²) in [7, 11) is 0. The fourth-order valence-corrected chi connectivity index (χ4v) is 4.54. The van der Waals surface area contributed by atoms with E-state index >= 15 is 0 Å². The summed E-state index contributed by atoms with van der Waals surface area (Å²) in [4.78, 5) is 22.1. The molecule has 0 spiro atoms. The molecule has 10 heteroatoms. The number of aryl methyl sites for hydroxylation is 2. The lowest BCUT2D eigenvalue weighted by molar-refractivity contribution is 0.0937. The minimum Gasteiger partial charge on any atom is -0.342 e. The molecule has 1 N–H and O–H groups in total. The average Bonchev–Trinajstić information content (AvgIpc) is 3.42. The second-order valence-corrected chi connectivity index (χ2v) is 8.72. The molecule has 1 amide bonds. The predicted octanol–water partition coefficient (Wildman–Crippen LogP) is 3.57. The molecular weight excluding hydrogens is 436 g/mol. The van der Waals surface area contributed by atoms with E-state index in [4.69, 9.17) is 0 Å². The molecule has 4 heterocycles. The Morgan fingerprint density at radius 1 is 1.09 bits per heavy atom. The van der Waals surface area contributed by atoms with Gasteiger partial charge in [-0.05, 0) is 50.6 Å². The predicted molar refractivity (Wildman–Crippen MR) is 125 cm³/mol. The number of hydrogen-bond donors (Lipinski definition) is 1. The van der Waals surface area contributed by atoms with Crippen LogP contribution in [0.15, 0.2) is 59.9 Å². The van der Waals surface area contributed by atoms with Gasteiger partial charge in [0.1, 0.15) is 0 Å². The first kappa shape index (κ1) is 21.1. The number of thioether (sulfide) groups is 1. The maximum Gasteiger partial charge on any atom is 0.253 e. The quantitative estimate of drug-likeness (QED) is 0.388. The molecule has 5 rings (SSSR count). The molecule has 9 nitrogen and oxygen atoms in total. The Hall–Kier alpha value is -3.79. The molecule has 0 radical (unpaired) electrons. The van der Waals surface area contributed by atoms with E-state index < -0.39 is 0 Å². The first-order valence-electron chi connectivity index (χ1n) is 10.5. The van der Waals surface area contributed by atoms with Gasteiger partial charge in [0.15, 0.2) is 11.5 Å². The second kappa shape index (κ2) is 8.62. The third-order valence-electron chi connectivity index (χ3n) is 5.29. The summed E-state index contributed by atoms with van der Waals surface area (Å²) >= 11 is 1.47.